The highest BCUT2D eigenvalue weighted by Gasteiger charge is 2.09. The Kier molecular flexibility index (Phi) is 4.35. The predicted octanol–water partition coefficient (Wildman–Crippen LogP) is 2.23. The summed E-state index contributed by atoms with van der Waals surface area (Å²) >= 11 is 0. The van der Waals surface area contributed by atoms with E-state index in [1.54, 1.807) is 0 Å². The Bertz CT molecular complexity index is 374. The molecular formula is C13H20N2O. The fourth-order valence-corrected chi connectivity index (χ4v) is 1.83. The number of carbonyl (C=O) groups excluding carboxylic acids is 1. The number of rotatable bonds is 5. The molecule has 0 aliphatic carbocycles. The van der Waals surface area contributed by atoms with Crippen molar-refractivity contribution in [2.45, 2.75) is 39.7 Å². The van der Waals surface area contributed by atoms with Crippen molar-refractivity contribution >= 4 is 11.6 Å². The molecule has 0 heterocycles. The summed E-state index contributed by atoms with van der Waals surface area (Å²) in [6, 6.07) is 6.30. The maximum atomic E-state index is 10.8. The Hall–Kier alpha value is -1.51. The van der Waals surface area contributed by atoms with Gasteiger partial charge in [0.05, 0.1) is 0 Å². The molecule has 0 aliphatic rings. The lowest BCUT2D eigenvalue weighted by Crippen LogP contribution is -2.24. The van der Waals surface area contributed by atoms with Crippen molar-refractivity contribution in [2.24, 2.45) is 5.73 Å². The quantitative estimate of drug-likeness (QED) is 0.799. The number of benzene rings is 1. The van der Waals surface area contributed by atoms with Gasteiger partial charge in [0.15, 0.2) is 0 Å². The zero-order valence-corrected chi connectivity index (χ0v) is 10.2. The minimum absolute atomic E-state index is 0.0731. The zero-order chi connectivity index (χ0) is 12.1. The summed E-state index contributed by atoms with van der Waals surface area (Å²) in [7, 11) is 0. The van der Waals surface area contributed by atoms with Crippen LogP contribution in [0.1, 0.15) is 31.4 Å². The number of nitrogens with two attached hydrogens (primary N) is 1. The third kappa shape index (κ3) is 3.26. The summed E-state index contributed by atoms with van der Waals surface area (Å²) in [5.74, 6) is -0.272. The van der Waals surface area contributed by atoms with Crippen molar-refractivity contribution in [1.82, 2.24) is 0 Å². The molecule has 1 aromatic rings. The Balaban J connectivity index is 2.83. The smallest absolute Gasteiger partial charge is 0.219 e. The van der Waals surface area contributed by atoms with Crippen molar-refractivity contribution in [1.29, 1.82) is 0 Å². The van der Waals surface area contributed by atoms with Gasteiger partial charge in [-0.1, -0.05) is 25.1 Å². The third-order valence-electron chi connectivity index (χ3n) is 2.64. The number of nitrogens with one attached hydrogen (secondary N) is 1. The first kappa shape index (κ1) is 12.6. The molecule has 0 fully saturated rings. The van der Waals surface area contributed by atoms with Crippen LogP contribution in [0, 0.1) is 6.92 Å². The number of primary amides is 1. The molecule has 1 atom stereocenters. The number of aryl methyl sites for hydroxylation is 2. The van der Waals surface area contributed by atoms with E-state index in [9.17, 15) is 4.79 Å². The first-order valence-corrected chi connectivity index (χ1v) is 5.68. The number of amides is 1. The fourth-order valence-electron chi connectivity index (χ4n) is 1.83. The Morgan fingerprint density at radius 2 is 2.19 bits per heavy atom. The second-order valence-electron chi connectivity index (χ2n) is 4.18. The molecule has 1 aromatic carbocycles. The van der Waals surface area contributed by atoms with Crippen LogP contribution < -0.4 is 11.1 Å². The molecular weight excluding hydrogens is 200 g/mol. The second kappa shape index (κ2) is 5.54. The van der Waals surface area contributed by atoms with E-state index < -0.39 is 0 Å². The molecule has 1 unspecified atom stereocenters. The Morgan fingerprint density at radius 3 is 2.75 bits per heavy atom. The van der Waals surface area contributed by atoms with E-state index >= 15 is 0 Å². The van der Waals surface area contributed by atoms with Gasteiger partial charge in [0.1, 0.15) is 0 Å². The van der Waals surface area contributed by atoms with Crippen molar-refractivity contribution in [3.05, 3.63) is 29.3 Å². The van der Waals surface area contributed by atoms with Crippen LogP contribution >= 0.6 is 0 Å². The van der Waals surface area contributed by atoms with Gasteiger partial charge in [-0.05, 0) is 31.4 Å². The predicted molar refractivity (Wildman–Crippen MR) is 67.5 cm³/mol. The molecule has 88 valence electrons. The van der Waals surface area contributed by atoms with E-state index in [1.807, 2.05) is 6.92 Å². The molecule has 0 saturated carbocycles. The van der Waals surface area contributed by atoms with Crippen LogP contribution in [0.2, 0.25) is 0 Å². The topological polar surface area (TPSA) is 55.1 Å². The molecule has 3 nitrogen and oxygen atoms in total. The van der Waals surface area contributed by atoms with E-state index in [4.69, 9.17) is 5.73 Å². The lowest BCUT2D eigenvalue weighted by atomic mass is 10.0. The van der Waals surface area contributed by atoms with E-state index in [-0.39, 0.29) is 11.9 Å². The Morgan fingerprint density at radius 1 is 1.50 bits per heavy atom. The van der Waals surface area contributed by atoms with Gasteiger partial charge in [-0.25, -0.2) is 0 Å². The maximum Gasteiger partial charge on any atom is 0.219 e. The van der Waals surface area contributed by atoms with E-state index in [0.29, 0.717) is 6.42 Å². The first-order valence-electron chi connectivity index (χ1n) is 5.68. The minimum Gasteiger partial charge on any atom is -0.382 e. The van der Waals surface area contributed by atoms with Crippen molar-refractivity contribution < 1.29 is 4.79 Å². The molecule has 0 aromatic heterocycles. The van der Waals surface area contributed by atoms with Gasteiger partial charge in [0.2, 0.25) is 5.91 Å². The molecule has 3 N–H and O–H groups in total. The van der Waals surface area contributed by atoms with E-state index in [1.165, 1.54) is 11.1 Å². The van der Waals surface area contributed by atoms with Gasteiger partial charge in [-0.3, -0.25) is 4.79 Å². The van der Waals surface area contributed by atoms with E-state index in [2.05, 4.69) is 37.4 Å². The zero-order valence-electron chi connectivity index (χ0n) is 10.2. The van der Waals surface area contributed by atoms with E-state index in [0.717, 1.165) is 12.1 Å². The summed E-state index contributed by atoms with van der Waals surface area (Å²) in [4.78, 5) is 10.8. The standard InChI is InChI=1S/C13H20N2O/c1-4-11-7-5-6-9(2)13(11)15-10(3)8-12(14)16/h5-7,10,15H,4,8H2,1-3H3,(H2,14,16). The molecule has 1 rings (SSSR count). The average molecular weight is 220 g/mol. The first-order chi connectivity index (χ1) is 7.54. The van der Waals surface area contributed by atoms with Gasteiger partial charge in [-0.15, -0.1) is 0 Å². The van der Waals surface area contributed by atoms with Crippen LogP contribution in [0.4, 0.5) is 5.69 Å². The summed E-state index contributed by atoms with van der Waals surface area (Å²) in [5.41, 5.74) is 8.79. The minimum atomic E-state index is -0.272. The molecule has 0 radical (unpaired) electrons. The SMILES string of the molecule is CCc1cccc(C)c1NC(C)CC(N)=O. The lowest BCUT2D eigenvalue weighted by molar-refractivity contribution is -0.118. The number of carbonyl (C=O) groups is 1. The summed E-state index contributed by atoms with van der Waals surface area (Å²) in [6.45, 7) is 6.16. The third-order valence-corrected chi connectivity index (χ3v) is 2.64. The highest BCUT2D eigenvalue weighted by molar-refractivity contribution is 5.75. The highest BCUT2D eigenvalue weighted by atomic mass is 16.1. The molecule has 0 aliphatic heterocycles. The maximum absolute atomic E-state index is 10.8. The van der Waals surface area contributed by atoms with Gasteiger partial charge in [0, 0.05) is 18.2 Å². The average Bonchev–Trinajstić information content (AvgIpc) is 2.20. The van der Waals surface area contributed by atoms with Gasteiger partial charge in [0.25, 0.3) is 0 Å². The van der Waals surface area contributed by atoms with Crippen molar-refractivity contribution in [3.8, 4) is 0 Å². The normalized spacial score (nSPS) is 12.2. The molecule has 3 heteroatoms. The van der Waals surface area contributed by atoms with Crippen LogP contribution in [0.15, 0.2) is 18.2 Å². The van der Waals surface area contributed by atoms with Crippen LogP contribution in [-0.4, -0.2) is 11.9 Å². The van der Waals surface area contributed by atoms with Gasteiger partial charge >= 0.3 is 0 Å². The van der Waals surface area contributed by atoms with Crippen molar-refractivity contribution in [2.75, 3.05) is 5.32 Å². The Labute approximate surface area is 97.0 Å². The van der Waals surface area contributed by atoms with Crippen LogP contribution in [0.3, 0.4) is 0 Å². The van der Waals surface area contributed by atoms with Crippen LogP contribution in [-0.2, 0) is 11.2 Å². The summed E-state index contributed by atoms with van der Waals surface area (Å²) < 4.78 is 0. The largest absolute Gasteiger partial charge is 0.382 e. The van der Waals surface area contributed by atoms with Crippen LogP contribution in [0.5, 0.6) is 0 Å². The highest BCUT2D eigenvalue weighted by Crippen LogP contribution is 2.22. The van der Waals surface area contributed by atoms with Crippen LogP contribution in [0.25, 0.3) is 0 Å². The number of hydrogen-bond acceptors (Lipinski definition) is 2. The molecule has 1 amide bonds. The second-order valence-corrected chi connectivity index (χ2v) is 4.18. The summed E-state index contributed by atoms with van der Waals surface area (Å²) in [6.07, 6.45) is 1.34. The number of anilines is 1. The summed E-state index contributed by atoms with van der Waals surface area (Å²) in [5, 5.41) is 3.36. The molecule has 16 heavy (non-hydrogen) atoms. The molecule has 0 bridgehead atoms. The molecule has 0 spiro atoms. The fraction of sp³-hybridized carbons (Fsp3) is 0.462. The monoisotopic (exact) mass is 220 g/mol. The van der Waals surface area contributed by atoms with Crippen molar-refractivity contribution in [3.63, 3.8) is 0 Å². The number of hydrogen-bond donors (Lipinski definition) is 2. The lowest BCUT2D eigenvalue weighted by Gasteiger charge is -2.18. The number of para-hydroxylation sites is 1. The molecule has 0 saturated heterocycles. The van der Waals surface area contributed by atoms with Gasteiger partial charge < -0.3 is 11.1 Å². The van der Waals surface area contributed by atoms with Gasteiger partial charge in [-0.2, -0.15) is 0 Å².